The van der Waals surface area contributed by atoms with E-state index in [0.29, 0.717) is 12.1 Å². The zero-order chi connectivity index (χ0) is 18.6. The van der Waals surface area contributed by atoms with Gasteiger partial charge >= 0.3 is 0 Å². The van der Waals surface area contributed by atoms with Crippen LogP contribution in [0.25, 0.3) is 21.3 Å². The second kappa shape index (κ2) is 8.17. The first kappa shape index (κ1) is 18.1. The van der Waals surface area contributed by atoms with Gasteiger partial charge in [-0.1, -0.05) is 24.3 Å². The van der Waals surface area contributed by atoms with Gasteiger partial charge in [0.05, 0.1) is 24.3 Å². The summed E-state index contributed by atoms with van der Waals surface area (Å²) in [5.41, 5.74) is 3.51. The number of benzene rings is 1. The van der Waals surface area contributed by atoms with Crippen molar-refractivity contribution in [3.05, 3.63) is 53.0 Å². The summed E-state index contributed by atoms with van der Waals surface area (Å²) in [6, 6.07) is 12.1. The minimum atomic E-state index is -0.0397. The molecule has 5 nitrogen and oxygen atoms in total. The number of thiophene rings is 1. The maximum Gasteiger partial charge on any atom is 0.252 e. The fraction of sp³-hybridized carbons (Fsp3) is 0.333. The fourth-order valence-corrected chi connectivity index (χ4v) is 4.20. The number of hydrogen-bond donors (Lipinski definition) is 1. The third kappa shape index (κ3) is 4.03. The molecule has 1 amide bonds. The van der Waals surface area contributed by atoms with E-state index in [0.717, 1.165) is 59.9 Å². The number of nitrogens with one attached hydrogen (secondary N) is 1. The van der Waals surface area contributed by atoms with Crippen molar-refractivity contribution in [3.63, 3.8) is 0 Å². The molecule has 1 aliphatic rings. The lowest BCUT2D eigenvalue weighted by atomic mass is 10.0. The first-order chi connectivity index (χ1) is 13.2. The molecule has 140 valence electrons. The van der Waals surface area contributed by atoms with E-state index in [2.05, 4.69) is 27.7 Å². The molecule has 1 aromatic carbocycles. The van der Waals surface area contributed by atoms with E-state index in [1.807, 2.05) is 31.2 Å². The quantitative estimate of drug-likeness (QED) is 0.737. The van der Waals surface area contributed by atoms with Crippen LogP contribution in [0.4, 0.5) is 0 Å². The summed E-state index contributed by atoms with van der Waals surface area (Å²) in [4.78, 5) is 21.1. The Balaban J connectivity index is 1.57. The summed E-state index contributed by atoms with van der Waals surface area (Å²) in [5.74, 6) is -0.0397. The van der Waals surface area contributed by atoms with Gasteiger partial charge in [0, 0.05) is 47.7 Å². The number of nitrogens with zero attached hydrogens (tertiary/aromatic N) is 2. The number of carbonyl (C=O) groups is 1. The summed E-state index contributed by atoms with van der Waals surface area (Å²) >= 11 is 1.68. The molecule has 0 saturated carbocycles. The van der Waals surface area contributed by atoms with Gasteiger partial charge in [-0.2, -0.15) is 0 Å². The van der Waals surface area contributed by atoms with Crippen LogP contribution in [0.3, 0.4) is 0 Å². The molecule has 3 aromatic rings. The molecule has 27 heavy (non-hydrogen) atoms. The number of amides is 1. The average molecular weight is 382 g/mol. The highest BCUT2D eigenvalue weighted by Gasteiger charge is 2.16. The lowest BCUT2D eigenvalue weighted by molar-refractivity contribution is 0.0383. The van der Waals surface area contributed by atoms with Gasteiger partial charge in [-0.3, -0.25) is 14.7 Å². The van der Waals surface area contributed by atoms with Crippen molar-refractivity contribution in [3.8, 4) is 10.4 Å². The first-order valence-corrected chi connectivity index (χ1v) is 10.1. The highest BCUT2D eigenvalue weighted by atomic mass is 32.1. The molecule has 0 aliphatic carbocycles. The van der Waals surface area contributed by atoms with Gasteiger partial charge in [-0.25, -0.2) is 0 Å². The van der Waals surface area contributed by atoms with Crippen molar-refractivity contribution < 1.29 is 9.53 Å². The normalized spacial score (nSPS) is 15.1. The van der Waals surface area contributed by atoms with Crippen LogP contribution in [-0.2, 0) is 4.74 Å². The highest BCUT2D eigenvalue weighted by molar-refractivity contribution is 7.13. The van der Waals surface area contributed by atoms with E-state index >= 15 is 0 Å². The topological polar surface area (TPSA) is 54.5 Å². The minimum absolute atomic E-state index is 0.0397. The number of rotatable bonds is 5. The lowest BCUT2D eigenvalue weighted by Gasteiger charge is -2.26. The number of carbonyl (C=O) groups excluding carboxylic acids is 1. The van der Waals surface area contributed by atoms with Crippen LogP contribution in [0.1, 0.15) is 16.1 Å². The minimum Gasteiger partial charge on any atom is -0.379 e. The molecular weight excluding hydrogens is 358 g/mol. The zero-order valence-electron chi connectivity index (χ0n) is 15.4. The summed E-state index contributed by atoms with van der Waals surface area (Å²) < 4.78 is 5.36. The monoisotopic (exact) mass is 381 g/mol. The number of aromatic nitrogens is 1. The Kier molecular flexibility index (Phi) is 5.48. The number of pyridine rings is 1. The Morgan fingerprint density at radius 3 is 2.89 bits per heavy atom. The van der Waals surface area contributed by atoms with Gasteiger partial charge in [0.25, 0.3) is 5.91 Å². The molecule has 1 saturated heterocycles. The predicted molar refractivity (Wildman–Crippen MR) is 109 cm³/mol. The third-order valence-electron chi connectivity index (χ3n) is 4.82. The molecule has 1 fully saturated rings. The van der Waals surface area contributed by atoms with Gasteiger partial charge in [-0.15, -0.1) is 11.3 Å². The summed E-state index contributed by atoms with van der Waals surface area (Å²) in [7, 11) is 0. The van der Waals surface area contributed by atoms with Gasteiger partial charge in [0.15, 0.2) is 0 Å². The van der Waals surface area contributed by atoms with Crippen LogP contribution < -0.4 is 5.32 Å². The van der Waals surface area contributed by atoms with Crippen molar-refractivity contribution in [1.82, 2.24) is 15.2 Å². The van der Waals surface area contributed by atoms with Gasteiger partial charge in [-0.05, 0) is 24.4 Å². The Hall–Kier alpha value is -2.28. The first-order valence-electron chi connectivity index (χ1n) is 9.25. The van der Waals surface area contributed by atoms with Gasteiger partial charge < -0.3 is 10.1 Å². The number of hydrogen-bond acceptors (Lipinski definition) is 5. The number of fused-ring (bicyclic) bond motifs is 1. The Morgan fingerprint density at radius 2 is 2.11 bits per heavy atom. The molecule has 1 N–H and O–H groups in total. The van der Waals surface area contributed by atoms with Crippen LogP contribution in [0.15, 0.2) is 41.8 Å². The maximum atomic E-state index is 12.9. The zero-order valence-corrected chi connectivity index (χ0v) is 16.2. The summed E-state index contributed by atoms with van der Waals surface area (Å²) in [6.45, 7) is 6.81. The molecule has 6 heteroatoms. The predicted octanol–water partition coefficient (Wildman–Crippen LogP) is 3.33. The SMILES string of the molecule is Cc1cc(C(=O)NCCN2CCOCC2)c2cccc(-c3cccs3)c2n1. The summed E-state index contributed by atoms with van der Waals surface area (Å²) in [5, 5.41) is 6.03. The van der Waals surface area contributed by atoms with Crippen molar-refractivity contribution in [2.24, 2.45) is 0 Å². The van der Waals surface area contributed by atoms with Crippen molar-refractivity contribution >= 4 is 28.1 Å². The fourth-order valence-electron chi connectivity index (χ4n) is 3.44. The van der Waals surface area contributed by atoms with E-state index in [9.17, 15) is 4.79 Å². The highest BCUT2D eigenvalue weighted by Crippen LogP contribution is 2.32. The number of ether oxygens (including phenoxy) is 1. The molecule has 0 spiro atoms. The van der Waals surface area contributed by atoms with Gasteiger partial charge in [0.2, 0.25) is 0 Å². The molecular formula is C21H23N3O2S. The maximum absolute atomic E-state index is 12.9. The van der Waals surface area contributed by atoms with Crippen LogP contribution in [0, 0.1) is 6.92 Å². The Bertz CT molecular complexity index is 934. The molecule has 1 aliphatic heterocycles. The Labute approximate surface area is 163 Å². The van der Waals surface area contributed by atoms with E-state index in [-0.39, 0.29) is 5.91 Å². The van der Waals surface area contributed by atoms with E-state index in [1.165, 1.54) is 0 Å². The molecule has 0 radical (unpaired) electrons. The molecule has 3 heterocycles. The van der Waals surface area contributed by atoms with Crippen LogP contribution in [0.2, 0.25) is 0 Å². The van der Waals surface area contributed by atoms with E-state index < -0.39 is 0 Å². The molecule has 0 bridgehead atoms. The second-order valence-corrected chi connectivity index (χ2v) is 7.65. The largest absolute Gasteiger partial charge is 0.379 e. The lowest BCUT2D eigenvalue weighted by Crippen LogP contribution is -2.41. The molecule has 2 aromatic heterocycles. The summed E-state index contributed by atoms with van der Waals surface area (Å²) in [6.07, 6.45) is 0. The molecule has 0 unspecified atom stereocenters. The smallest absolute Gasteiger partial charge is 0.252 e. The standard InChI is InChI=1S/C21H23N3O2S/c1-15-14-18(21(25)22-7-8-24-9-11-26-12-10-24)16-4-2-5-17(20(16)23-15)19-6-3-13-27-19/h2-6,13-14H,7-12H2,1H3,(H,22,25). The number of morpholine rings is 1. The van der Waals surface area contributed by atoms with E-state index in [4.69, 9.17) is 9.72 Å². The molecule has 4 rings (SSSR count). The van der Waals surface area contributed by atoms with Crippen LogP contribution in [-0.4, -0.2) is 55.2 Å². The van der Waals surface area contributed by atoms with Crippen LogP contribution in [0.5, 0.6) is 0 Å². The number of para-hydroxylation sites is 1. The van der Waals surface area contributed by atoms with Gasteiger partial charge in [0.1, 0.15) is 0 Å². The number of aryl methyl sites for hydroxylation is 1. The third-order valence-corrected chi connectivity index (χ3v) is 5.72. The molecule has 0 atom stereocenters. The van der Waals surface area contributed by atoms with Crippen LogP contribution >= 0.6 is 11.3 Å². The Morgan fingerprint density at radius 1 is 1.26 bits per heavy atom. The second-order valence-electron chi connectivity index (χ2n) is 6.70. The van der Waals surface area contributed by atoms with E-state index in [1.54, 1.807) is 11.3 Å². The van der Waals surface area contributed by atoms with Crippen molar-refractivity contribution in [2.45, 2.75) is 6.92 Å². The van der Waals surface area contributed by atoms with Crippen molar-refractivity contribution in [2.75, 3.05) is 39.4 Å². The average Bonchev–Trinajstić information content (AvgIpc) is 3.22. The van der Waals surface area contributed by atoms with Crippen molar-refractivity contribution in [1.29, 1.82) is 0 Å².